The van der Waals surface area contributed by atoms with Crippen molar-refractivity contribution in [1.29, 1.82) is 0 Å². The second-order valence-corrected chi connectivity index (χ2v) is 5.48. The molecule has 0 spiro atoms. The van der Waals surface area contributed by atoms with E-state index in [-0.39, 0.29) is 0 Å². The molecule has 1 aromatic rings. The quantitative estimate of drug-likeness (QED) is 0.682. The minimum absolute atomic E-state index is 0.615. The van der Waals surface area contributed by atoms with E-state index in [1.807, 2.05) is 0 Å². The standard InChI is InChI=1S/C14H21Br/c1-10(2)7-12-5-6-13(9-15)14(8-12)11(3)4/h5-6,8,10-11H,7,9H2,1-4H3. The van der Waals surface area contributed by atoms with Crippen LogP contribution in [0.1, 0.15) is 50.3 Å². The zero-order valence-electron chi connectivity index (χ0n) is 10.2. The molecule has 15 heavy (non-hydrogen) atoms. The Hall–Kier alpha value is -0.300. The van der Waals surface area contributed by atoms with Crippen molar-refractivity contribution in [3.63, 3.8) is 0 Å². The van der Waals surface area contributed by atoms with Crippen LogP contribution in [0.4, 0.5) is 0 Å². The Bertz CT molecular complexity index is 313. The van der Waals surface area contributed by atoms with Gasteiger partial charge < -0.3 is 0 Å². The molecule has 0 bridgehead atoms. The van der Waals surface area contributed by atoms with Crippen LogP contribution in [-0.2, 0) is 11.8 Å². The number of alkyl halides is 1. The Morgan fingerprint density at radius 3 is 2.27 bits per heavy atom. The Balaban J connectivity index is 2.99. The van der Waals surface area contributed by atoms with Gasteiger partial charge >= 0.3 is 0 Å². The van der Waals surface area contributed by atoms with Gasteiger partial charge in [-0.2, -0.15) is 0 Å². The predicted octanol–water partition coefficient (Wildman–Crippen LogP) is 4.90. The second kappa shape index (κ2) is 5.69. The summed E-state index contributed by atoms with van der Waals surface area (Å²) in [6.45, 7) is 9.07. The van der Waals surface area contributed by atoms with Crippen molar-refractivity contribution in [3.8, 4) is 0 Å². The van der Waals surface area contributed by atoms with Crippen LogP contribution in [0.2, 0.25) is 0 Å². The van der Waals surface area contributed by atoms with Crippen molar-refractivity contribution in [3.05, 3.63) is 34.9 Å². The fourth-order valence-corrected chi connectivity index (χ4v) is 2.41. The lowest BCUT2D eigenvalue weighted by Crippen LogP contribution is -1.99. The van der Waals surface area contributed by atoms with Gasteiger partial charge in [0, 0.05) is 5.33 Å². The SMILES string of the molecule is CC(C)Cc1ccc(CBr)c(C(C)C)c1. The molecule has 0 aliphatic carbocycles. The zero-order valence-corrected chi connectivity index (χ0v) is 11.8. The summed E-state index contributed by atoms with van der Waals surface area (Å²) in [6, 6.07) is 6.91. The summed E-state index contributed by atoms with van der Waals surface area (Å²) in [5, 5.41) is 0.961. The highest BCUT2D eigenvalue weighted by atomic mass is 79.9. The minimum Gasteiger partial charge on any atom is -0.0876 e. The number of rotatable bonds is 4. The van der Waals surface area contributed by atoms with Crippen LogP contribution in [0, 0.1) is 5.92 Å². The van der Waals surface area contributed by atoms with Gasteiger partial charge in [0.2, 0.25) is 0 Å². The van der Waals surface area contributed by atoms with Crippen LogP contribution in [0.25, 0.3) is 0 Å². The van der Waals surface area contributed by atoms with Crippen LogP contribution >= 0.6 is 15.9 Å². The Morgan fingerprint density at radius 2 is 1.80 bits per heavy atom. The average Bonchev–Trinajstić information content (AvgIpc) is 2.16. The maximum absolute atomic E-state index is 3.55. The normalized spacial score (nSPS) is 11.4. The van der Waals surface area contributed by atoms with E-state index in [0.717, 1.165) is 11.2 Å². The van der Waals surface area contributed by atoms with Crippen LogP contribution in [0.5, 0.6) is 0 Å². The lowest BCUT2D eigenvalue weighted by molar-refractivity contribution is 0.646. The molecule has 0 fully saturated rings. The van der Waals surface area contributed by atoms with E-state index in [4.69, 9.17) is 0 Å². The lowest BCUT2D eigenvalue weighted by atomic mass is 9.93. The maximum Gasteiger partial charge on any atom is 0.0285 e. The first-order valence-electron chi connectivity index (χ1n) is 5.72. The molecule has 0 saturated heterocycles. The first-order valence-corrected chi connectivity index (χ1v) is 6.84. The van der Waals surface area contributed by atoms with E-state index in [0.29, 0.717) is 5.92 Å². The molecule has 0 N–H and O–H groups in total. The molecule has 0 aliphatic rings. The van der Waals surface area contributed by atoms with E-state index in [2.05, 4.69) is 61.8 Å². The van der Waals surface area contributed by atoms with Gasteiger partial charge in [-0.15, -0.1) is 0 Å². The van der Waals surface area contributed by atoms with Gasteiger partial charge in [0.15, 0.2) is 0 Å². The fourth-order valence-electron chi connectivity index (χ4n) is 1.90. The molecule has 0 amide bonds. The van der Waals surface area contributed by atoms with Gasteiger partial charge in [0.05, 0.1) is 0 Å². The van der Waals surface area contributed by atoms with Gasteiger partial charge in [-0.25, -0.2) is 0 Å². The van der Waals surface area contributed by atoms with Crippen LogP contribution < -0.4 is 0 Å². The van der Waals surface area contributed by atoms with E-state index >= 15 is 0 Å². The molecule has 1 rings (SSSR count). The summed E-state index contributed by atoms with van der Waals surface area (Å²) in [5.74, 6) is 1.35. The smallest absolute Gasteiger partial charge is 0.0285 e. The molecule has 1 aromatic carbocycles. The van der Waals surface area contributed by atoms with Crippen molar-refractivity contribution in [2.75, 3.05) is 0 Å². The topological polar surface area (TPSA) is 0 Å². The van der Waals surface area contributed by atoms with Crippen LogP contribution in [-0.4, -0.2) is 0 Å². The van der Waals surface area contributed by atoms with Gasteiger partial charge in [-0.05, 0) is 34.9 Å². The largest absolute Gasteiger partial charge is 0.0876 e. The third-order valence-corrected chi connectivity index (χ3v) is 3.22. The Labute approximate surface area is 102 Å². The Kier molecular flexibility index (Phi) is 4.85. The monoisotopic (exact) mass is 268 g/mol. The van der Waals surface area contributed by atoms with E-state index < -0.39 is 0 Å². The highest BCUT2D eigenvalue weighted by Crippen LogP contribution is 2.24. The first-order chi connectivity index (χ1) is 7.04. The highest BCUT2D eigenvalue weighted by molar-refractivity contribution is 9.08. The molecule has 0 radical (unpaired) electrons. The molecule has 0 saturated carbocycles. The number of halogens is 1. The second-order valence-electron chi connectivity index (χ2n) is 4.92. The van der Waals surface area contributed by atoms with Gasteiger partial charge in [0.25, 0.3) is 0 Å². The highest BCUT2D eigenvalue weighted by Gasteiger charge is 2.07. The molecule has 0 nitrogen and oxygen atoms in total. The van der Waals surface area contributed by atoms with Gasteiger partial charge in [-0.3, -0.25) is 0 Å². The minimum atomic E-state index is 0.615. The maximum atomic E-state index is 3.55. The third kappa shape index (κ3) is 3.64. The molecule has 0 unspecified atom stereocenters. The van der Waals surface area contributed by atoms with E-state index in [9.17, 15) is 0 Å². The van der Waals surface area contributed by atoms with Crippen molar-refractivity contribution in [2.45, 2.75) is 45.4 Å². The molecule has 84 valence electrons. The van der Waals surface area contributed by atoms with Crippen molar-refractivity contribution in [2.24, 2.45) is 5.92 Å². The molecule has 0 atom stereocenters. The summed E-state index contributed by atoms with van der Waals surface area (Å²) >= 11 is 3.55. The summed E-state index contributed by atoms with van der Waals surface area (Å²) in [4.78, 5) is 0. The van der Waals surface area contributed by atoms with Gasteiger partial charge in [-0.1, -0.05) is 61.8 Å². The molecule has 0 aliphatic heterocycles. The summed E-state index contributed by atoms with van der Waals surface area (Å²) in [7, 11) is 0. The van der Waals surface area contributed by atoms with Gasteiger partial charge in [0.1, 0.15) is 0 Å². The number of benzene rings is 1. The Morgan fingerprint density at radius 1 is 1.13 bits per heavy atom. The molecule has 0 heterocycles. The average molecular weight is 269 g/mol. The third-order valence-electron chi connectivity index (χ3n) is 2.62. The molecule has 0 aromatic heterocycles. The van der Waals surface area contributed by atoms with Crippen LogP contribution in [0.15, 0.2) is 18.2 Å². The van der Waals surface area contributed by atoms with E-state index in [1.54, 1.807) is 0 Å². The molecule has 1 heteroatoms. The first kappa shape index (κ1) is 12.8. The fraction of sp³-hybridized carbons (Fsp3) is 0.571. The zero-order chi connectivity index (χ0) is 11.4. The van der Waals surface area contributed by atoms with E-state index in [1.165, 1.54) is 23.1 Å². The predicted molar refractivity (Wildman–Crippen MR) is 71.7 cm³/mol. The summed E-state index contributed by atoms with van der Waals surface area (Å²) in [6.07, 6.45) is 1.18. The molecular weight excluding hydrogens is 248 g/mol. The van der Waals surface area contributed by atoms with Crippen molar-refractivity contribution in [1.82, 2.24) is 0 Å². The van der Waals surface area contributed by atoms with Crippen LogP contribution in [0.3, 0.4) is 0 Å². The summed E-state index contributed by atoms with van der Waals surface area (Å²) < 4.78 is 0. The lowest BCUT2D eigenvalue weighted by Gasteiger charge is -2.14. The molecular formula is C14H21Br. The van der Waals surface area contributed by atoms with Crippen molar-refractivity contribution < 1.29 is 0 Å². The summed E-state index contributed by atoms with van der Waals surface area (Å²) in [5.41, 5.74) is 4.39. The van der Waals surface area contributed by atoms with Crippen molar-refractivity contribution >= 4 is 15.9 Å². The number of hydrogen-bond donors (Lipinski definition) is 0. The number of hydrogen-bond acceptors (Lipinski definition) is 0.